The summed E-state index contributed by atoms with van der Waals surface area (Å²) in [6.45, 7) is 0.704. The molecule has 0 aliphatic heterocycles. The molecular weight excluding hydrogens is 126 g/mol. The molecule has 1 radical (unpaired) electrons. The highest BCUT2D eigenvalue weighted by atomic mass is 16.7. The van der Waals surface area contributed by atoms with Crippen molar-refractivity contribution in [3.8, 4) is 0 Å². The predicted molar refractivity (Wildman–Crippen MR) is 26.2 cm³/mol. The molecule has 0 saturated carbocycles. The van der Waals surface area contributed by atoms with Gasteiger partial charge in [-0.25, -0.2) is 10.5 Å². The number of ether oxygens (including phenoxy) is 2. The number of esters is 1. The van der Waals surface area contributed by atoms with E-state index in [-0.39, 0.29) is 0 Å². The Balaban J connectivity index is 3.10. The number of rotatable bonds is 2. The summed E-state index contributed by atoms with van der Waals surface area (Å²) in [5.74, 6) is -0.545. The van der Waals surface area contributed by atoms with Crippen molar-refractivity contribution in [1.82, 2.24) is 5.73 Å². The number of carbonyl (C=O) groups excluding carboxylic acids is 2. The predicted octanol–water partition coefficient (Wildman–Crippen LogP) is -0.0735. The second kappa shape index (κ2) is 3.71. The summed E-state index contributed by atoms with van der Waals surface area (Å²) in [7, 11) is 0. The SMILES string of the molecule is CC(=O)OCOC([NH])=O. The van der Waals surface area contributed by atoms with Crippen LogP contribution in [0.5, 0.6) is 0 Å². The summed E-state index contributed by atoms with van der Waals surface area (Å²) in [5, 5.41) is 0. The van der Waals surface area contributed by atoms with E-state index in [0.29, 0.717) is 0 Å². The van der Waals surface area contributed by atoms with Gasteiger partial charge in [0.25, 0.3) is 0 Å². The van der Waals surface area contributed by atoms with Gasteiger partial charge in [-0.1, -0.05) is 0 Å². The molecule has 0 saturated heterocycles. The summed E-state index contributed by atoms with van der Waals surface area (Å²) in [4.78, 5) is 19.6. The van der Waals surface area contributed by atoms with Crippen LogP contribution in [0.15, 0.2) is 0 Å². The van der Waals surface area contributed by atoms with Gasteiger partial charge >= 0.3 is 12.1 Å². The Morgan fingerprint density at radius 2 is 2.00 bits per heavy atom. The molecule has 0 rings (SSSR count). The quantitative estimate of drug-likeness (QED) is 0.389. The minimum Gasteiger partial charge on any atom is -0.428 e. The van der Waals surface area contributed by atoms with Crippen molar-refractivity contribution in [2.75, 3.05) is 6.79 Å². The van der Waals surface area contributed by atoms with Crippen LogP contribution in [0, 0.1) is 0 Å². The van der Waals surface area contributed by atoms with Gasteiger partial charge in [0.05, 0.1) is 0 Å². The molecule has 0 aromatic heterocycles. The highest BCUT2D eigenvalue weighted by molar-refractivity contribution is 5.66. The average Bonchev–Trinajstić information content (AvgIpc) is 1.63. The maximum atomic E-state index is 9.95. The minimum atomic E-state index is -1.21. The smallest absolute Gasteiger partial charge is 0.428 e. The highest BCUT2D eigenvalue weighted by Gasteiger charge is 1.94. The van der Waals surface area contributed by atoms with E-state index in [1.807, 2.05) is 0 Å². The van der Waals surface area contributed by atoms with Crippen LogP contribution < -0.4 is 5.73 Å². The molecule has 5 nitrogen and oxygen atoms in total. The zero-order chi connectivity index (χ0) is 7.28. The summed E-state index contributed by atoms with van der Waals surface area (Å²) < 4.78 is 8.09. The number of amides is 1. The van der Waals surface area contributed by atoms with Crippen LogP contribution in [0.1, 0.15) is 6.92 Å². The largest absolute Gasteiger partial charge is 0.429 e. The summed E-state index contributed by atoms with van der Waals surface area (Å²) >= 11 is 0. The van der Waals surface area contributed by atoms with Crippen LogP contribution >= 0.6 is 0 Å². The Hall–Kier alpha value is -1.26. The van der Waals surface area contributed by atoms with Crippen LogP contribution in [0.25, 0.3) is 0 Å². The number of hydrogen-bond donors (Lipinski definition) is 0. The molecule has 1 N–H and O–H groups in total. The van der Waals surface area contributed by atoms with E-state index in [0.717, 1.165) is 0 Å². The Labute approximate surface area is 51.7 Å². The van der Waals surface area contributed by atoms with Crippen molar-refractivity contribution in [3.05, 3.63) is 0 Å². The fourth-order valence-electron chi connectivity index (χ4n) is 0.166. The first-order valence-electron chi connectivity index (χ1n) is 2.14. The van der Waals surface area contributed by atoms with E-state index in [4.69, 9.17) is 5.73 Å². The van der Waals surface area contributed by atoms with Crippen molar-refractivity contribution in [2.45, 2.75) is 6.92 Å². The van der Waals surface area contributed by atoms with Crippen molar-refractivity contribution in [2.24, 2.45) is 0 Å². The van der Waals surface area contributed by atoms with Crippen LogP contribution in [0.4, 0.5) is 4.79 Å². The molecule has 0 aromatic carbocycles. The fraction of sp³-hybridized carbons (Fsp3) is 0.500. The van der Waals surface area contributed by atoms with Crippen molar-refractivity contribution < 1.29 is 19.1 Å². The van der Waals surface area contributed by atoms with E-state index in [1.165, 1.54) is 6.92 Å². The fourth-order valence-corrected chi connectivity index (χ4v) is 0.166. The molecule has 5 heteroatoms. The van der Waals surface area contributed by atoms with Crippen LogP contribution in [-0.2, 0) is 14.3 Å². The molecule has 0 aliphatic rings. The van der Waals surface area contributed by atoms with Crippen LogP contribution in [-0.4, -0.2) is 18.9 Å². The molecule has 0 heterocycles. The Kier molecular flexibility index (Phi) is 3.19. The van der Waals surface area contributed by atoms with Crippen molar-refractivity contribution in [1.29, 1.82) is 0 Å². The van der Waals surface area contributed by atoms with E-state index < -0.39 is 18.9 Å². The third-order valence-corrected chi connectivity index (χ3v) is 0.452. The van der Waals surface area contributed by atoms with Gasteiger partial charge in [-0.05, 0) is 0 Å². The first kappa shape index (κ1) is 7.74. The zero-order valence-corrected chi connectivity index (χ0v) is 4.84. The number of carbonyl (C=O) groups is 2. The summed E-state index contributed by atoms with van der Waals surface area (Å²) in [6.07, 6.45) is -1.21. The van der Waals surface area contributed by atoms with Gasteiger partial charge in [-0.2, -0.15) is 0 Å². The molecule has 1 amide bonds. The monoisotopic (exact) mass is 132 g/mol. The third-order valence-electron chi connectivity index (χ3n) is 0.452. The lowest BCUT2D eigenvalue weighted by Crippen LogP contribution is -2.09. The van der Waals surface area contributed by atoms with Crippen molar-refractivity contribution >= 4 is 12.1 Å². The maximum absolute atomic E-state index is 9.95. The molecular formula is C4H6NO4. The maximum Gasteiger partial charge on any atom is 0.429 e. The standard InChI is InChI=1S/C4H6NO4/c1-3(6)8-2-9-4(5)7/h5H,2H2,1H3. The highest BCUT2D eigenvalue weighted by Crippen LogP contribution is 1.78. The second-order valence-electron chi connectivity index (χ2n) is 1.19. The van der Waals surface area contributed by atoms with Crippen LogP contribution in [0.3, 0.4) is 0 Å². The Bertz CT molecular complexity index is 108. The topological polar surface area (TPSA) is 76.4 Å². The summed E-state index contributed by atoms with van der Waals surface area (Å²) in [6, 6.07) is 0. The normalized spacial score (nSPS) is 8.11. The average molecular weight is 132 g/mol. The molecule has 51 valence electrons. The molecule has 0 spiro atoms. The molecule has 9 heavy (non-hydrogen) atoms. The molecule has 0 aromatic rings. The van der Waals surface area contributed by atoms with Gasteiger partial charge in [0.1, 0.15) is 0 Å². The molecule has 0 bridgehead atoms. The van der Waals surface area contributed by atoms with Gasteiger partial charge in [-0.3, -0.25) is 4.79 Å². The molecule has 0 aliphatic carbocycles. The van der Waals surface area contributed by atoms with Gasteiger partial charge in [0, 0.05) is 6.92 Å². The lowest BCUT2D eigenvalue weighted by Gasteiger charge is -1.98. The first-order valence-corrected chi connectivity index (χ1v) is 2.14. The molecule has 0 atom stereocenters. The first-order chi connectivity index (χ1) is 4.13. The van der Waals surface area contributed by atoms with Gasteiger partial charge in [0.15, 0.2) is 0 Å². The zero-order valence-electron chi connectivity index (χ0n) is 4.84. The van der Waals surface area contributed by atoms with Gasteiger partial charge in [-0.15, -0.1) is 0 Å². The van der Waals surface area contributed by atoms with E-state index in [2.05, 4.69) is 9.47 Å². The van der Waals surface area contributed by atoms with E-state index in [1.54, 1.807) is 0 Å². The molecule has 0 unspecified atom stereocenters. The summed E-state index contributed by atoms with van der Waals surface area (Å²) in [5.41, 5.74) is 6.17. The lowest BCUT2D eigenvalue weighted by molar-refractivity contribution is -0.148. The van der Waals surface area contributed by atoms with Gasteiger partial charge < -0.3 is 9.47 Å². The second-order valence-corrected chi connectivity index (χ2v) is 1.19. The van der Waals surface area contributed by atoms with Crippen molar-refractivity contribution in [3.63, 3.8) is 0 Å². The van der Waals surface area contributed by atoms with E-state index >= 15 is 0 Å². The lowest BCUT2D eigenvalue weighted by atomic mass is 10.8. The number of hydrogen-bond acceptors (Lipinski definition) is 4. The minimum absolute atomic E-state index is 0.475. The third kappa shape index (κ3) is 6.74. The van der Waals surface area contributed by atoms with Gasteiger partial charge in [0.2, 0.25) is 6.79 Å². The van der Waals surface area contributed by atoms with Crippen LogP contribution in [0.2, 0.25) is 0 Å². The number of nitrogens with one attached hydrogen (secondary N) is 1. The molecule has 0 fully saturated rings. The Morgan fingerprint density at radius 1 is 1.44 bits per heavy atom. The Morgan fingerprint density at radius 3 is 2.33 bits per heavy atom. The van der Waals surface area contributed by atoms with E-state index in [9.17, 15) is 9.59 Å².